The van der Waals surface area contributed by atoms with Crippen LogP contribution >= 0.6 is 23.1 Å². The predicted octanol–water partition coefficient (Wildman–Crippen LogP) is 4.12. The van der Waals surface area contributed by atoms with E-state index in [9.17, 15) is 14.9 Å². The Bertz CT molecular complexity index is 965. The molecule has 1 aromatic carbocycles. The summed E-state index contributed by atoms with van der Waals surface area (Å²) in [4.78, 5) is 28.8. The molecule has 0 spiro atoms. The lowest BCUT2D eigenvalue weighted by molar-refractivity contribution is -0.119. The third-order valence-electron chi connectivity index (χ3n) is 5.05. The Morgan fingerprint density at radius 2 is 1.97 bits per heavy atom. The van der Waals surface area contributed by atoms with Crippen molar-refractivity contribution in [3.05, 3.63) is 40.3 Å². The molecule has 2 amide bonds. The average Bonchev–Trinajstić information content (AvgIpc) is 3.09. The summed E-state index contributed by atoms with van der Waals surface area (Å²) in [6, 6.07) is 9.94. The van der Waals surface area contributed by atoms with Crippen LogP contribution in [-0.2, 0) is 22.4 Å². The van der Waals surface area contributed by atoms with E-state index < -0.39 is 0 Å². The van der Waals surface area contributed by atoms with Crippen LogP contribution in [0.15, 0.2) is 29.2 Å². The molecule has 0 aliphatic heterocycles. The summed E-state index contributed by atoms with van der Waals surface area (Å²) in [6.45, 7) is 0.656. The molecule has 2 N–H and O–H groups in total. The molecule has 0 saturated heterocycles. The molecule has 0 fully saturated rings. The number of para-hydroxylation sites is 1. The first kappa shape index (κ1) is 22.3. The summed E-state index contributed by atoms with van der Waals surface area (Å²) in [7, 11) is 1.82. The zero-order chi connectivity index (χ0) is 21.5. The Morgan fingerprint density at radius 1 is 1.20 bits per heavy atom. The lowest BCUT2D eigenvalue weighted by atomic mass is 9.96. The monoisotopic (exact) mass is 442 g/mol. The van der Waals surface area contributed by atoms with Crippen molar-refractivity contribution in [2.45, 2.75) is 37.0 Å². The highest BCUT2D eigenvalue weighted by atomic mass is 32.2. The fourth-order valence-corrected chi connectivity index (χ4v) is 5.33. The number of rotatable bonds is 8. The SMILES string of the molecule is CSc1ccccc1NC(=O)CN(C)CCC(=O)Nc1sc2c(c1C#N)CCCC2. The molecule has 1 aliphatic rings. The predicted molar refractivity (Wildman–Crippen MR) is 123 cm³/mol. The molecule has 0 saturated carbocycles. The van der Waals surface area contributed by atoms with E-state index in [0.717, 1.165) is 41.8 Å². The summed E-state index contributed by atoms with van der Waals surface area (Å²) < 4.78 is 0. The van der Waals surface area contributed by atoms with E-state index in [1.165, 1.54) is 16.2 Å². The van der Waals surface area contributed by atoms with Gasteiger partial charge in [-0.25, -0.2) is 0 Å². The molecule has 1 aromatic heterocycles. The van der Waals surface area contributed by atoms with E-state index in [1.807, 2.05) is 42.5 Å². The van der Waals surface area contributed by atoms with Gasteiger partial charge in [-0.05, 0) is 56.7 Å². The van der Waals surface area contributed by atoms with Crippen LogP contribution in [0.3, 0.4) is 0 Å². The lowest BCUT2D eigenvalue weighted by Crippen LogP contribution is -2.32. The van der Waals surface area contributed by atoms with Crippen LogP contribution in [0.2, 0.25) is 0 Å². The number of carbonyl (C=O) groups excluding carboxylic acids is 2. The second kappa shape index (κ2) is 10.6. The van der Waals surface area contributed by atoms with Gasteiger partial charge in [-0.1, -0.05) is 12.1 Å². The first-order chi connectivity index (χ1) is 14.5. The number of amides is 2. The van der Waals surface area contributed by atoms with Crippen molar-refractivity contribution in [3.8, 4) is 6.07 Å². The van der Waals surface area contributed by atoms with Gasteiger partial charge in [0.05, 0.1) is 17.8 Å². The fourth-order valence-electron chi connectivity index (χ4n) is 3.52. The van der Waals surface area contributed by atoms with Gasteiger partial charge in [-0.2, -0.15) is 5.26 Å². The molecule has 0 bridgehead atoms. The first-order valence-electron chi connectivity index (χ1n) is 9.97. The molecule has 1 aliphatic carbocycles. The highest BCUT2D eigenvalue weighted by Gasteiger charge is 2.21. The second-order valence-electron chi connectivity index (χ2n) is 7.31. The number of hydrogen-bond donors (Lipinski definition) is 2. The van der Waals surface area contributed by atoms with Gasteiger partial charge >= 0.3 is 0 Å². The minimum Gasteiger partial charge on any atom is -0.324 e. The number of nitrogens with zero attached hydrogens (tertiary/aromatic N) is 2. The summed E-state index contributed by atoms with van der Waals surface area (Å²) in [5.74, 6) is -0.248. The molecule has 30 heavy (non-hydrogen) atoms. The van der Waals surface area contributed by atoms with Crippen molar-refractivity contribution >= 4 is 45.6 Å². The number of thiophene rings is 1. The second-order valence-corrected chi connectivity index (χ2v) is 9.26. The maximum atomic E-state index is 12.4. The molecule has 0 unspecified atom stereocenters. The quantitative estimate of drug-likeness (QED) is 0.601. The van der Waals surface area contributed by atoms with Crippen LogP contribution < -0.4 is 10.6 Å². The van der Waals surface area contributed by atoms with Crippen molar-refractivity contribution in [2.24, 2.45) is 0 Å². The molecule has 0 atom stereocenters. The minimum absolute atomic E-state index is 0.114. The van der Waals surface area contributed by atoms with Gasteiger partial charge in [0.2, 0.25) is 11.8 Å². The van der Waals surface area contributed by atoms with Crippen molar-refractivity contribution in [1.82, 2.24) is 4.90 Å². The van der Waals surface area contributed by atoms with E-state index in [2.05, 4.69) is 16.7 Å². The number of nitrogens with one attached hydrogen (secondary N) is 2. The Balaban J connectivity index is 1.48. The zero-order valence-electron chi connectivity index (χ0n) is 17.3. The van der Waals surface area contributed by atoms with E-state index in [1.54, 1.807) is 11.8 Å². The Kier molecular flexibility index (Phi) is 7.91. The number of hydrogen-bond acceptors (Lipinski definition) is 6. The molecule has 0 radical (unpaired) electrons. The number of carbonyl (C=O) groups is 2. The zero-order valence-corrected chi connectivity index (χ0v) is 18.9. The number of aryl methyl sites for hydroxylation is 1. The Labute approximate surface area is 185 Å². The summed E-state index contributed by atoms with van der Waals surface area (Å²) in [5, 5.41) is 16.0. The minimum atomic E-state index is -0.134. The average molecular weight is 443 g/mol. The van der Waals surface area contributed by atoms with Crippen molar-refractivity contribution < 1.29 is 9.59 Å². The molecule has 6 nitrogen and oxygen atoms in total. The molecule has 1 heterocycles. The maximum Gasteiger partial charge on any atom is 0.238 e. The van der Waals surface area contributed by atoms with Crippen LogP contribution in [0.25, 0.3) is 0 Å². The summed E-state index contributed by atoms with van der Waals surface area (Å²) in [6.07, 6.45) is 6.38. The number of benzene rings is 1. The van der Waals surface area contributed by atoms with Crippen LogP contribution in [0.5, 0.6) is 0 Å². The van der Waals surface area contributed by atoms with Gasteiger partial charge in [0.15, 0.2) is 0 Å². The van der Waals surface area contributed by atoms with Crippen molar-refractivity contribution in [3.63, 3.8) is 0 Å². The van der Waals surface area contributed by atoms with Gasteiger partial charge in [0.25, 0.3) is 0 Å². The van der Waals surface area contributed by atoms with Gasteiger partial charge in [-0.3, -0.25) is 14.5 Å². The molecule has 2 aromatic rings. The van der Waals surface area contributed by atoms with Crippen LogP contribution in [0.1, 0.15) is 35.3 Å². The van der Waals surface area contributed by atoms with Crippen LogP contribution in [0, 0.1) is 11.3 Å². The normalized spacial score (nSPS) is 12.9. The summed E-state index contributed by atoms with van der Waals surface area (Å²) in [5.41, 5.74) is 2.54. The molecule has 3 rings (SSSR count). The van der Waals surface area contributed by atoms with Crippen molar-refractivity contribution in [2.75, 3.05) is 37.0 Å². The third kappa shape index (κ3) is 5.63. The summed E-state index contributed by atoms with van der Waals surface area (Å²) >= 11 is 3.11. The third-order valence-corrected chi connectivity index (χ3v) is 7.05. The number of nitriles is 1. The topological polar surface area (TPSA) is 85.2 Å². The van der Waals surface area contributed by atoms with E-state index in [4.69, 9.17) is 0 Å². The van der Waals surface area contributed by atoms with Crippen LogP contribution in [-0.4, -0.2) is 43.1 Å². The Hall–Kier alpha value is -2.34. The molecular weight excluding hydrogens is 416 g/mol. The van der Waals surface area contributed by atoms with E-state index >= 15 is 0 Å². The Morgan fingerprint density at radius 3 is 2.73 bits per heavy atom. The van der Waals surface area contributed by atoms with Crippen molar-refractivity contribution in [1.29, 1.82) is 5.26 Å². The smallest absolute Gasteiger partial charge is 0.238 e. The molecular formula is C22H26N4O2S2. The number of likely N-dealkylation sites (N-methyl/N-ethyl adjacent to an activating group) is 1. The largest absolute Gasteiger partial charge is 0.324 e. The number of anilines is 2. The van der Waals surface area contributed by atoms with Gasteiger partial charge in [0.1, 0.15) is 11.1 Å². The van der Waals surface area contributed by atoms with Crippen LogP contribution in [0.4, 0.5) is 10.7 Å². The standard InChI is InChI=1S/C22H26N4O2S2/c1-26(14-21(28)24-17-8-4-6-10-19(17)29-2)12-11-20(27)25-22-16(13-23)15-7-3-5-9-18(15)30-22/h4,6,8,10H,3,5,7,9,11-12,14H2,1-2H3,(H,24,28)(H,25,27). The molecule has 8 heteroatoms. The van der Waals surface area contributed by atoms with E-state index in [0.29, 0.717) is 17.1 Å². The van der Waals surface area contributed by atoms with Gasteiger partial charge < -0.3 is 10.6 Å². The molecule has 158 valence electrons. The number of thioether (sulfide) groups is 1. The lowest BCUT2D eigenvalue weighted by Gasteiger charge is -2.16. The van der Waals surface area contributed by atoms with Gasteiger partial charge in [0, 0.05) is 22.7 Å². The fraction of sp³-hybridized carbons (Fsp3) is 0.409. The maximum absolute atomic E-state index is 12.4. The highest BCUT2D eigenvalue weighted by Crippen LogP contribution is 2.37. The van der Waals surface area contributed by atoms with Gasteiger partial charge in [-0.15, -0.1) is 23.1 Å². The number of fused-ring (bicyclic) bond motifs is 1. The first-order valence-corrected chi connectivity index (χ1v) is 12.0. The van der Waals surface area contributed by atoms with E-state index in [-0.39, 0.29) is 24.8 Å². The highest BCUT2D eigenvalue weighted by molar-refractivity contribution is 7.98.